The zero-order valence-corrected chi connectivity index (χ0v) is 15.8. The molecule has 0 radical (unpaired) electrons. The summed E-state index contributed by atoms with van der Waals surface area (Å²) in [5, 5.41) is 13.6. The fourth-order valence-electron chi connectivity index (χ4n) is 1.71. The first kappa shape index (κ1) is 18.3. The Balaban J connectivity index is 1.88. The third-order valence-electron chi connectivity index (χ3n) is 2.86. The fourth-order valence-corrected chi connectivity index (χ4v) is 2.44. The first-order valence-electron chi connectivity index (χ1n) is 6.76. The van der Waals surface area contributed by atoms with Crippen molar-refractivity contribution in [1.29, 1.82) is 0 Å². The van der Waals surface area contributed by atoms with Gasteiger partial charge in [0.25, 0.3) is 5.91 Å². The summed E-state index contributed by atoms with van der Waals surface area (Å²) in [4.78, 5) is 11.7. The molecule has 0 bridgehead atoms. The van der Waals surface area contributed by atoms with Gasteiger partial charge in [-0.05, 0) is 57.9 Å². The summed E-state index contributed by atoms with van der Waals surface area (Å²) in [6.45, 7) is -0.151. The summed E-state index contributed by atoms with van der Waals surface area (Å²) in [5.74, 6) is 0.501. The number of rotatable bonds is 6. The number of phenolic OH excluding ortho intramolecular Hbond substituents is 1. The molecule has 0 heterocycles. The molecule has 0 fully saturated rings. The standard InChI is InChI=1S/C16H14Br2N2O4/c1-23-14-7-10(6-13(18)16(14)22)8-19-20-15(21)9-24-12-4-2-11(17)3-5-12/h2-8,22H,9H2,1H3,(H,20,21)/b19-8+. The van der Waals surface area contributed by atoms with Gasteiger partial charge in [0.2, 0.25) is 0 Å². The Bertz CT molecular complexity index is 748. The van der Waals surface area contributed by atoms with E-state index in [4.69, 9.17) is 9.47 Å². The van der Waals surface area contributed by atoms with Gasteiger partial charge in [-0.3, -0.25) is 4.79 Å². The van der Waals surface area contributed by atoms with Crippen LogP contribution in [0.4, 0.5) is 0 Å². The van der Waals surface area contributed by atoms with E-state index in [1.165, 1.54) is 13.3 Å². The molecular weight excluding hydrogens is 444 g/mol. The van der Waals surface area contributed by atoms with Crippen molar-refractivity contribution in [2.24, 2.45) is 5.10 Å². The smallest absolute Gasteiger partial charge is 0.277 e. The van der Waals surface area contributed by atoms with Crippen LogP contribution in [0.3, 0.4) is 0 Å². The molecule has 0 aliphatic carbocycles. The zero-order chi connectivity index (χ0) is 17.5. The Hall–Kier alpha value is -2.06. The van der Waals surface area contributed by atoms with Gasteiger partial charge in [-0.15, -0.1) is 0 Å². The van der Waals surface area contributed by atoms with Crippen molar-refractivity contribution in [3.8, 4) is 17.2 Å². The average Bonchev–Trinajstić information content (AvgIpc) is 2.57. The lowest BCUT2D eigenvalue weighted by Crippen LogP contribution is -2.24. The Morgan fingerprint density at radius 3 is 2.67 bits per heavy atom. The molecule has 0 atom stereocenters. The van der Waals surface area contributed by atoms with Gasteiger partial charge in [0.1, 0.15) is 5.75 Å². The number of aromatic hydroxyl groups is 1. The molecule has 24 heavy (non-hydrogen) atoms. The molecule has 0 spiro atoms. The summed E-state index contributed by atoms with van der Waals surface area (Å²) in [6.07, 6.45) is 1.43. The lowest BCUT2D eigenvalue weighted by Gasteiger charge is -2.06. The second-order valence-corrected chi connectivity index (χ2v) is 6.36. The topological polar surface area (TPSA) is 80.2 Å². The predicted octanol–water partition coefficient (Wildman–Crippen LogP) is 3.45. The van der Waals surface area contributed by atoms with E-state index in [1.807, 2.05) is 12.1 Å². The molecule has 8 heteroatoms. The Morgan fingerprint density at radius 1 is 1.29 bits per heavy atom. The first-order valence-corrected chi connectivity index (χ1v) is 8.35. The first-order chi connectivity index (χ1) is 11.5. The van der Waals surface area contributed by atoms with Crippen molar-refractivity contribution in [3.05, 3.63) is 50.9 Å². The number of ether oxygens (including phenoxy) is 2. The van der Waals surface area contributed by atoms with Crippen molar-refractivity contribution in [3.63, 3.8) is 0 Å². The second-order valence-electron chi connectivity index (χ2n) is 4.59. The van der Waals surface area contributed by atoms with Crippen LogP contribution in [0.25, 0.3) is 0 Å². The number of amides is 1. The zero-order valence-electron chi connectivity index (χ0n) is 12.6. The lowest BCUT2D eigenvalue weighted by molar-refractivity contribution is -0.123. The van der Waals surface area contributed by atoms with E-state index in [-0.39, 0.29) is 18.3 Å². The molecule has 0 aliphatic heterocycles. The van der Waals surface area contributed by atoms with Crippen LogP contribution in [0.5, 0.6) is 17.2 Å². The summed E-state index contributed by atoms with van der Waals surface area (Å²) < 4.78 is 11.8. The minimum absolute atomic E-state index is 0.00147. The van der Waals surface area contributed by atoms with Crippen LogP contribution < -0.4 is 14.9 Å². The monoisotopic (exact) mass is 456 g/mol. The van der Waals surface area contributed by atoms with Crippen LogP contribution in [-0.4, -0.2) is 30.9 Å². The van der Waals surface area contributed by atoms with E-state index in [0.717, 1.165) is 4.47 Å². The van der Waals surface area contributed by atoms with Crippen LogP contribution in [0, 0.1) is 0 Å². The van der Waals surface area contributed by atoms with Crippen LogP contribution in [0.2, 0.25) is 0 Å². The number of phenols is 1. The van der Waals surface area contributed by atoms with Gasteiger partial charge in [0, 0.05) is 4.47 Å². The molecule has 0 aliphatic rings. The Labute approximate surface area is 155 Å². The fraction of sp³-hybridized carbons (Fsp3) is 0.125. The highest BCUT2D eigenvalue weighted by Gasteiger charge is 2.07. The van der Waals surface area contributed by atoms with E-state index in [9.17, 15) is 9.90 Å². The van der Waals surface area contributed by atoms with Gasteiger partial charge in [-0.1, -0.05) is 15.9 Å². The molecule has 0 unspecified atom stereocenters. The van der Waals surface area contributed by atoms with Crippen molar-refractivity contribution in [2.45, 2.75) is 0 Å². The molecular formula is C16H14Br2N2O4. The highest BCUT2D eigenvalue weighted by atomic mass is 79.9. The van der Waals surface area contributed by atoms with Crippen molar-refractivity contribution in [1.82, 2.24) is 5.43 Å². The highest BCUT2D eigenvalue weighted by Crippen LogP contribution is 2.34. The number of nitrogens with zero attached hydrogens (tertiary/aromatic N) is 1. The van der Waals surface area contributed by atoms with Gasteiger partial charge >= 0.3 is 0 Å². The predicted molar refractivity (Wildman–Crippen MR) is 97.7 cm³/mol. The number of hydrogen-bond acceptors (Lipinski definition) is 5. The van der Waals surface area contributed by atoms with Crippen LogP contribution >= 0.6 is 31.9 Å². The number of carbonyl (C=O) groups excluding carboxylic acids is 1. The third-order valence-corrected chi connectivity index (χ3v) is 3.99. The largest absolute Gasteiger partial charge is 0.503 e. The van der Waals surface area contributed by atoms with Gasteiger partial charge in [-0.2, -0.15) is 5.10 Å². The molecule has 2 rings (SSSR count). The Morgan fingerprint density at radius 2 is 2.00 bits per heavy atom. The molecule has 1 amide bonds. The quantitative estimate of drug-likeness (QED) is 0.514. The van der Waals surface area contributed by atoms with E-state index in [1.54, 1.807) is 24.3 Å². The number of halogens is 2. The second kappa shape index (κ2) is 8.70. The van der Waals surface area contributed by atoms with Gasteiger partial charge < -0.3 is 14.6 Å². The molecule has 2 N–H and O–H groups in total. The number of benzene rings is 2. The van der Waals surface area contributed by atoms with E-state index in [2.05, 4.69) is 42.4 Å². The molecule has 0 aromatic heterocycles. The van der Waals surface area contributed by atoms with Crippen LogP contribution in [0.1, 0.15) is 5.56 Å². The number of hydrazone groups is 1. The Kier molecular flexibility index (Phi) is 6.62. The maximum atomic E-state index is 11.7. The minimum atomic E-state index is -0.390. The van der Waals surface area contributed by atoms with Gasteiger partial charge in [-0.25, -0.2) is 5.43 Å². The summed E-state index contributed by atoms with van der Waals surface area (Å²) in [6, 6.07) is 10.4. The molecule has 0 saturated carbocycles. The molecule has 6 nitrogen and oxygen atoms in total. The number of nitrogens with one attached hydrogen (secondary N) is 1. The minimum Gasteiger partial charge on any atom is -0.503 e. The molecule has 2 aromatic rings. The van der Waals surface area contributed by atoms with Crippen LogP contribution in [-0.2, 0) is 4.79 Å². The summed E-state index contributed by atoms with van der Waals surface area (Å²) >= 11 is 6.53. The number of methoxy groups -OCH3 is 1. The average molecular weight is 458 g/mol. The van der Waals surface area contributed by atoms with E-state index >= 15 is 0 Å². The van der Waals surface area contributed by atoms with Crippen molar-refractivity contribution >= 4 is 44.0 Å². The molecule has 0 saturated heterocycles. The third kappa shape index (κ3) is 5.24. The SMILES string of the molecule is COc1cc(/C=N/NC(=O)COc2ccc(Br)cc2)cc(Br)c1O. The number of carbonyl (C=O) groups is 1. The normalized spacial score (nSPS) is 10.6. The summed E-state index contributed by atoms with van der Waals surface area (Å²) in [7, 11) is 1.45. The van der Waals surface area contributed by atoms with Gasteiger partial charge in [0.15, 0.2) is 18.1 Å². The summed E-state index contributed by atoms with van der Waals surface area (Å²) in [5.41, 5.74) is 3.01. The number of hydrogen-bond donors (Lipinski definition) is 2. The maximum absolute atomic E-state index is 11.7. The van der Waals surface area contributed by atoms with E-state index in [0.29, 0.717) is 21.5 Å². The lowest BCUT2D eigenvalue weighted by atomic mass is 10.2. The van der Waals surface area contributed by atoms with Crippen LogP contribution in [0.15, 0.2) is 50.4 Å². The van der Waals surface area contributed by atoms with Crippen molar-refractivity contribution in [2.75, 3.05) is 13.7 Å². The van der Waals surface area contributed by atoms with Crippen molar-refractivity contribution < 1.29 is 19.4 Å². The highest BCUT2D eigenvalue weighted by molar-refractivity contribution is 9.10. The molecule has 126 valence electrons. The van der Waals surface area contributed by atoms with E-state index < -0.39 is 0 Å². The maximum Gasteiger partial charge on any atom is 0.277 e. The molecule has 2 aromatic carbocycles. The van der Waals surface area contributed by atoms with Gasteiger partial charge in [0.05, 0.1) is 17.8 Å².